The average molecular weight is 175 g/mol. The molecule has 1 atom stereocenters. The standard InChI is InChI=1S/C11H15N2/c1-11(9-12-7-8-13-11)10-5-3-2-4-6-10/h2-6,12H,7-9H2,1H3. The summed E-state index contributed by atoms with van der Waals surface area (Å²) in [7, 11) is 0. The van der Waals surface area contributed by atoms with Crippen LogP contribution in [0.3, 0.4) is 0 Å². The van der Waals surface area contributed by atoms with Crippen molar-refractivity contribution >= 4 is 0 Å². The number of hydrogen-bond acceptors (Lipinski definition) is 1. The van der Waals surface area contributed by atoms with Gasteiger partial charge in [0.05, 0.1) is 5.54 Å². The first-order valence-electron chi connectivity index (χ1n) is 4.76. The predicted molar refractivity (Wildman–Crippen MR) is 53.7 cm³/mol. The van der Waals surface area contributed by atoms with Crippen LogP contribution in [0.1, 0.15) is 12.5 Å². The van der Waals surface area contributed by atoms with Crippen LogP contribution in [0, 0.1) is 0 Å². The van der Waals surface area contributed by atoms with E-state index in [9.17, 15) is 0 Å². The Hall–Kier alpha value is -0.860. The summed E-state index contributed by atoms with van der Waals surface area (Å²) in [5, 5.41) is 8.05. The fourth-order valence-corrected chi connectivity index (χ4v) is 1.76. The Morgan fingerprint density at radius 2 is 2.08 bits per heavy atom. The van der Waals surface area contributed by atoms with E-state index in [1.54, 1.807) is 0 Å². The van der Waals surface area contributed by atoms with Crippen LogP contribution in [-0.2, 0) is 5.54 Å². The van der Waals surface area contributed by atoms with Crippen molar-refractivity contribution in [2.75, 3.05) is 19.6 Å². The van der Waals surface area contributed by atoms with Gasteiger partial charge in [-0.3, -0.25) is 0 Å². The first-order valence-corrected chi connectivity index (χ1v) is 4.76. The van der Waals surface area contributed by atoms with E-state index in [2.05, 4.69) is 41.8 Å². The first-order chi connectivity index (χ1) is 6.31. The highest BCUT2D eigenvalue weighted by atomic mass is 15.1. The minimum atomic E-state index is -0.0144. The highest BCUT2D eigenvalue weighted by Gasteiger charge is 2.28. The molecule has 2 rings (SSSR count). The lowest BCUT2D eigenvalue weighted by molar-refractivity contribution is 0.295. The third-order valence-electron chi connectivity index (χ3n) is 2.61. The molecule has 2 nitrogen and oxygen atoms in total. The van der Waals surface area contributed by atoms with E-state index in [1.165, 1.54) is 5.56 Å². The van der Waals surface area contributed by atoms with Gasteiger partial charge in [-0.05, 0) is 12.5 Å². The molecule has 0 spiro atoms. The summed E-state index contributed by atoms with van der Waals surface area (Å²) in [4.78, 5) is 0. The molecule has 0 aliphatic carbocycles. The Balaban J connectivity index is 2.23. The Morgan fingerprint density at radius 3 is 2.69 bits per heavy atom. The molecule has 0 saturated carbocycles. The summed E-state index contributed by atoms with van der Waals surface area (Å²) >= 11 is 0. The molecule has 1 heterocycles. The van der Waals surface area contributed by atoms with Crippen molar-refractivity contribution < 1.29 is 0 Å². The largest absolute Gasteiger partial charge is 0.313 e. The van der Waals surface area contributed by atoms with E-state index in [1.807, 2.05) is 6.07 Å². The minimum Gasteiger partial charge on any atom is -0.313 e. The van der Waals surface area contributed by atoms with Gasteiger partial charge in [-0.2, -0.15) is 0 Å². The topological polar surface area (TPSA) is 26.1 Å². The van der Waals surface area contributed by atoms with Gasteiger partial charge in [0.1, 0.15) is 0 Å². The maximum Gasteiger partial charge on any atom is 0.0701 e. The van der Waals surface area contributed by atoms with Crippen LogP contribution < -0.4 is 10.6 Å². The molecule has 0 amide bonds. The molecule has 1 aliphatic heterocycles. The summed E-state index contributed by atoms with van der Waals surface area (Å²) in [6.07, 6.45) is 0. The third-order valence-corrected chi connectivity index (χ3v) is 2.61. The number of rotatable bonds is 1. The van der Waals surface area contributed by atoms with E-state index in [0.717, 1.165) is 19.6 Å². The molecule has 1 aliphatic rings. The Kier molecular flexibility index (Phi) is 2.34. The highest BCUT2D eigenvalue weighted by molar-refractivity contribution is 5.24. The van der Waals surface area contributed by atoms with Gasteiger partial charge >= 0.3 is 0 Å². The van der Waals surface area contributed by atoms with Gasteiger partial charge in [0.2, 0.25) is 0 Å². The highest BCUT2D eigenvalue weighted by Crippen LogP contribution is 2.21. The van der Waals surface area contributed by atoms with Crippen molar-refractivity contribution in [3.8, 4) is 0 Å². The monoisotopic (exact) mass is 175 g/mol. The van der Waals surface area contributed by atoms with Crippen molar-refractivity contribution in [1.29, 1.82) is 0 Å². The Labute approximate surface area is 79.4 Å². The van der Waals surface area contributed by atoms with Crippen molar-refractivity contribution in [1.82, 2.24) is 10.6 Å². The Bertz CT molecular complexity index is 263. The van der Waals surface area contributed by atoms with Crippen LogP contribution in [0.15, 0.2) is 30.3 Å². The molecule has 1 unspecified atom stereocenters. The fourth-order valence-electron chi connectivity index (χ4n) is 1.76. The first kappa shape index (κ1) is 8.73. The lowest BCUT2D eigenvalue weighted by Crippen LogP contribution is -2.50. The molecule has 0 bridgehead atoms. The van der Waals surface area contributed by atoms with Gasteiger partial charge in [0, 0.05) is 19.6 Å². The van der Waals surface area contributed by atoms with E-state index >= 15 is 0 Å². The van der Waals surface area contributed by atoms with E-state index in [-0.39, 0.29) is 5.54 Å². The predicted octanol–water partition coefficient (Wildman–Crippen LogP) is 1.11. The molecule has 1 saturated heterocycles. The van der Waals surface area contributed by atoms with E-state index < -0.39 is 0 Å². The van der Waals surface area contributed by atoms with Crippen molar-refractivity contribution in [2.24, 2.45) is 0 Å². The molecule has 1 N–H and O–H groups in total. The molecule has 0 aromatic heterocycles. The van der Waals surface area contributed by atoms with Crippen LogP contribution in [0.2, 0.25) is 0 Å². The molecule has 69 valence electrons. The quantitative estimate of drug-likeness (QED) is 0.680. The zero-order valence-electron chi connectivity index (χ0n) is 7.96. The van der Waals surface area contributed by atoms with Crippen LogP contribution >= 0.6 is 0 Å². The summed E-state index contributed by atoms with van der Waals surface area (Å²) < 4.78 is 0. The molecular formula is C11H15N2. The smallest absolute Gasteiger partial charge is 0.0701 e. The van der Waals surface area contributed by atoms with Crippen LogP contribution in [0.25, 0.3) is 0 Å². The van der Waals surface area contributed by atoms with Gasteiger partial charge in [0.25, 0.3) is 0 Å². The van der Waals surface area contributed by atoms with E-state index in [0.29, 0.717) is 0 Å². The zero-order chi connectivity index (χ0) is 9.15. The van der Waals surface area contributed by atoms with Crippen LogP contribution in [-0.4, -0.2) is 19.6 Å². The number of nitrogens with zero attached hydrogens (tertiary/aromatic N) is 1. The van der Waals surface area contributed by atoms with E-state index in [4.69, 9.17) is 0 Å². The summed E-state index contributed by atoms with van der Waals surface area (Å²) in [6, 6.07) is 10.5. The number of piperazine rings is 1. The Morgan fingerprint density at radius 1 is 1.31 bits per heavy atom. The number of hydrogen-bond donors (Lipinski definition) is 1. The van der Waals surface area contributed by atoms with Gasteiger partial charge in [-0.15, -0.1) is 0 Å². The molecule has 2 heteroatoms. The number of benzene rings is 1. The van der Waals surface area contributed by atoms with Crippen LogP contribution in [0.5, 0.6) is 0 Å². The molecule has 1 fully saturated rings. The minimum absolute atomic E-state index is 0.0144. The fraction of sp³-hybridized carbons (Fsp3) is 0.455. The molecule has 1 radical (unpaired) electrons. The second kappa shape index (κ2) is 3.48. The maximum absolute atomic E-state index is 4.67. The number of nitrogens with one attached hydrogen (secondary N) is 1. The second-order valence-corrected chi connectivity index (χ2v) is 3.70. The van der Waals surface area contributed by atoms with Crippen molar-refractivity contribution in [3.05, 3.63) is 35.9 Å². The molecule has 1 aromatic rings. The molecule has 13 heavy (non-hydrogen) atoms. The molecular weight excluding hydrogens is 160 g/mol. The summed E-state index contributed by atoms with van der Waals surface area (Å²) in [6.45, 7) is 5.08. The van der Waals surface area contributed by atoms with Gasteiger partial charge in [-0.25, -0.2) is 5.32 Å². The normalized spacial score (nSPS) is 28.7. The van der Waals surface area contributed by atoms with Gasteiger partial charge in [-0.1, -0.05) is 30.3 Å². The lowest BCUT2D eigenvalue weighted by atomic mass is 9.90. The SMILES string of the molecule is CC1(c2ccccc2)CNCC[N]1. The summed E-state index contributed by atoms with van der Waals surface area (Å²) in [5.41, 5.74) is 1.29. The average Bonchev–Trinajstić information content (AvgIpc) is 2.20. The van der Waals surface area contributed by atoms with Gasteiger partial charge < -0.3 is 5.32 Å². The molecule has 1 aromatic carbocycles. The van der Waals surface area contributed by atoms with Gasteiger partial charge in [0.15, 0.2) is 0 Å². The second-order valence-electron chi connectivity index (χ2n) is 3.70. The van der Waals surface area contributed by atoms with Crippen LogP contribution in [0.4, 0.5) is 0 Å². The van der Waals surface area contributed by atoms with Crippen molar-refractivity contribution in [2.45, 2.75) is 12.5 Å². The summed E-state index contributed by atoms with van der Waals surface area (Å²) in [5.74, 6) is 0. The lowest BCUT2D eigenvalue weighted by Gasteiger charge is -2.34. The third kappa shape index (κ3) is 1.74. The maximum atomic E-state index is 4.67. The zero-order valence-corrected chi connectivity index (χ0v) is 7.96. The van der Waals surface area contributed by atoms with Crippen molar-refractivity contribution in [3.63, 3.8) is 0 Å².